The van der Waals surface area contributed by atoms with E-state index in [2.05, 4.69) is 29.1 Å². The third-order valence-electron chi connectivity index (χ3n) is 4.19. The van der Waals surface area contributed by atoms with Crippen LogP contribution in [0.15, 0.2) is 16.8 Å². The van der Waals surface area contributed by atoms with E-state index >= 15 is 0 Å². The third kappa shape index (κ3) is 5.11. The number of unbranched alkanes of at least 4 members (excludes halogenated alkanes) is 7. The minimum absolute atomic E-state index is 0.105. The maximum Gasteiger partial charge on any atom is 0.238 e. The second-order valence-corrected chi connectivity index (χ2v) is 6.68. The Balaban J connectivity index is 1.63. The SMILES string of the molecule is CCCCCCCCCCN1C(=O)CNC1c1ccsc1. The van der Waals surface area contributed by atoms with Gasteiger partial charge < -0.3 is 4.90 Å². The highest BCUT2D eigenvalue weighted by Gasteiger charge is 2.30. The number of amides is 1. The number of hydrogen-bond acceptors (Lipinski definition) is 3. The first kappa shape index (κ1) is 16.5. The molecule has 118 valence electrons. The largest absolute Gasteiger partial charge is 0.322 e. The molecule has 1 fully saturated rings. The van der Waals surface area contributed by atoms with E-state index in [0.29, 0.717) is 6.54 Å². The van der Waals surface area contributed by atoms with Crippen LogP contribution in [0.5, 0.6) is 0 Å². The quantitative estimate of drug-likeness (QED) is 0.653. The van der Waals surface area contributed by atoms with Gasteiger partial charge in [0, 0.05) is 6.54 Å². The molecule has 1 atom stereocenters. The Labute approximate surface area is 132 Å². The summed E-state index contributed by atoms with van der Waals surface area (Å²) in [6.45, 7) is 3.63. The zero-order valence-corrected chi connectivity index (χ0v) is 14.0. The van der Waals surface area contributed by atoms with Gasteiger partial charge in [-0.05, 0) is 28.8 Å². The van der Waals surface area contributed by atoms with Gasteiger partial charge in [-0.1, -0.05) is 51.9 Å². The topological polar surface area (TPSA) is 32.3 Å². The van der Waals surface area contributed by atoms with Crippen LogP contribution < -0.4 is 5.32 Å². The van der Waals surface area contributed by atoms with E-state index in [1.807, 2.05) is 4.90 Å². The van der Waals surface area contributed by atoms with Gasteiger partial charge in [0.15, 0.2) is 0 Å². The molecule has 2 heterocycles. The average Bonchev–Trinajstić information content (AvgIpc) is 3.12. The van der Waals surface area contributed by atoms with Crippen LogP contribution >= 0.6 is 11.3 Å². The molecule has 1 N–H and O–H groups in total. The van der Waals surface area contributed by atoms with E-state index in [0.717, 1.165) is 13.0 Å². The highest BCUT2D eigenvalue weighted by atomic mass is 32.1. The average molecular weight is 308 g/mol. The Morgan fingerprint density at radius 1 is 1.19 bits per heavy atom. The summed E-state index contributed by atoms with van der Waals surface area (Å²) in [5.74, 6) is 0.245. The normalized spacial score (nSPS) is 18.6. The lowest BCUT2D eigenvalue weighted by Gasteiger charge is -2.23. The first-order chi connectivity index (χ1) is 10.3. The number of thiophene rings is 1. The molecule has 0 aromatic carbocycles. The van der Waals surface area contributed by atoms with Crippen molar-refractivity contribution in [1.29, 1.82) is 0 Å². The summed E-state index contributed by atoms with van der Waals surface area (Å²) >= 11 is 1.69. The molecule has 0 spiro atoms. The highest BCUT2D eigenvalue weighted by molar-refractivity contribution is 7.07. The lowest BCUT2D eigenvalue weighted by atomic mass is 10.1. The predicted octanol–water partition coefficient (Wildman–Crippen LogP) is 4.32. The zero-order valence-electron chi connectivity index (χ0n) is 13.1. The Kier molecular flexibility index (Phi) is 7.24. The molecule has 2 rings (SSSR count). The van der Waals surface area contributed by atoms with Gasteiger partial charge in [0.1, 0.15) is 6.17 Å². The van der Waals surface area contributed by atoms with Crippen LogP contribution in [0.4, 0.5) is 0 Å². The molecule has 1 amide bonds. The van der Waals surface area contributed by atoms with Crippen molar-refractivity contribution in [2.75, 3.05) is 13.1 Å². The molecular formula is C17H28N2OS. The van der Waals surface area contributed by atoms with Gasteiger partial charge in [-0.3, -0.25) is 10.1 Å². The third-order valence-corrected chi connectivity index (χ3v) is 4.89. The van der Waals surface area contributed by atoms with Crippen molar-refractivity contribution in [1.82, 2.24) is 10.2 Å². The van der Waals surface area contributed by atoms with Gasteiger partial charge in [0.05, 0.1) is 6.54 Å². The fourth-order valence-electron chi connectivity index (χ4n) is 2.94. The van der Waals surface area contributed by atoms with Crippen LogP contribution in [0, 0.1) is 0 Å². The molecule has 1 aliphatic heterocycles. The van der Waals surface area contributed by atoms with Crippen molar-refractivity contribution in [2.24, 2.45) is 0 Å². The molecular weight excluding hydrogens is 280 g/mol. The van der Waals surface area contributed by atoms with Crippen molar-refractivity contribution in [3.8, 4) is 0 Å². The van der Waals surface area contributed by atoms with E-state index in [-0.39, 0.29) is 12.1 Å². The van der Waals surface area contributed by atoms with Gasteiger partial charge >= 0.3 is 0 Å². The molecule has 4 heteroatoms. The first-order valence-electron chi connectivity index (χ1n) is 8.38. The van der Waals surface area contributed by atoms with Gasteiger partial charge in [0.2, 0.25) is 5.91 Å². The highest BCUT2D eigenvalue weighted by Crippen LogP contribution is 2.24. The predicted molar refractivity (Wildman–Crippen MR) is 89.4 cm³/mol. The minimum Gasteiger partial charge on any atom is -0.322 e. The zero-order chi connectivity index (χ0) is 14.9. The monoisotopic (exact) mass is 308 g/mol. The summed E-state index contributed by atoms with van der Waals surface area (Å²) in [5.41, 5.74) is 1.23. The maximum absolute atomic E-state index is 12.0. The fourth-order valence-corrected chi connectivity index (χ4v) is 3.62. The molecule has 1 saturated heterocycles. The lowest BCUT2D eigenvalue weighted by molar-refractivity contribution is -0.128. The summed E-state index contributed by atoms with van der Waals surface area (Å²) in [7, 11) is 0. The molecule has 0 saturated carbocycles. The summed E-state index contributed by atoms with van der Waals surface area (Å²) in [4.78, 5) is 14.0. The number of carbonyl (C=O) groups is 1. The van der Waals surface area contributed by atoms with Crippen molar-refractivity contribution >= 4 is 17.2 Å². The second kappa shape index (κ2) is 9.21. The van der Waals surface area contributed by atoms with Crippen LogP contribution in [0.3, 0.4) is 0 Å². The van der Waals surface area contributed by atoms with Crippen LogP contribution in [-0.2, 0) is 4.79 Å². The molecule has 21 heavy (non-hydrogen) atoms. The van der Waals surface area contributed by atoms with E-state index in [9.17, 15) is 4.79 Å². The number of carbonyl (C=O) groups excluding carboxylic acids is 1. The number of nitrogens with zero attached hydrogens (tertiary/aromatic N) is 1. The summed E-state index contributed by atoms with van der Waals surface area (Å²) < 4.78 is 0. The summed E-state index contributed by atoms with van der Waals surface area (Å²) in [6.07, 6.45) is 10.6. The molecule has 0 bridgehead atoms. The number of hydrogen-bond donors (Lipinski definition) is 1. The molecule has 1 aliphatic rings. The van der Waals surface area contributed by atoms with E-state index in [1.54, 1.807) is 11.3 Å². The standard InChI is InChI=1S/C17H28N2OS/c1-2-3-4-5-6-7-8-9-11-19-16(20)13-18-17(19)15-10-12-21-14-15/h10,12,14,17-18H,2-9,11,13H2,1H3. The Morgan fingerprint density at radius 2 is 1.90 bits per heavy atom. The lowest BCUT2D eigenvalue weighted by Crippen LogP contribution is -2.30. The molecule has 1 unspecified atom stereocenters. The van der Waals surface area contributed by atoms with Crippen LogP contribution in [0.1, 0.15) is 70.0 Å². The van der Waals surface area contributed by atoms with Gasteiger partial charge in [-0.25, -0.2) is 0 Å². The Hall–Kier alpha value is -0.870. The fraction of sp³-hybridized carbons (Fsp3) is 0.706. The second-order valence-electron chi connectivity index (χ2n) is 5.90. The first-order valence-corrected chi connectivity index (χ1v) is 9.32. The van der Waals surface area contributed by atoms with Crippen LogP contribution in [0.25, 0.3) is 0 Å². The minimum atomic E-state index is 0.105. The van der Waals surface area contributed by atoms with Crippen molar-refractivity contribution in [2.45, 2.75) is 64.5 Å². The summed E-state index contributed by atoms with van der Waals surface area (Å²) in [5, 5.41) is 7.53. The Morgan fingerprint density at radius 3 is 2.57 bits per heavy atom. The molecule has 0 aliphatic carbocycles. The van der Waals surface area contributed by atoms with Gasteiger partial charge in [-0.2, -0.15) is 11.3 Å². The van der Waals surface area contributed by atoms with E-state index in [4.69, 9.17) is 0 Å². The molecule has 1 aromatic rings. The van der Waals surface area contributed by atoms with Crippen LogP contribution in [0.2, 0.25) is 0 Å². The number of rotatable bonds is 10. The van der Waals surface area contributed by atoms with Gasteiger partial charge in [-0.15, -0.1) is 0 Å². The number of nitrogens with one attached hydrogen (secondary N) is 1. The van der Waals surface area contributed by atoms with E-state index in [1.165, 1.54) is 50.5 Å². The molecule has 1 aromatic heterocycles. The summed E-state index contributed by atoms with van der Waals surface area (Å²) in [6, 6.07) is 2.11. The molecule has 3 nitrogen and oxygen atoms in total. The van der Waals surface area contributed by atoms with Crippen molar-refractivity contribution in [3.05, 3.63) is 22.4 Å². The van der Waals surface area contributed by atoms with E-state index < -0.39 is 0 Å². The Bertz CT molecular complexity index is 405. The van der Waals surface area contributed by atoms with Gasteiger partial charge in [0.25, 0.3) is 0 Å². The van der Waals surface area contributed by atoms with Crippen LogP contribution in [-0.4, -0.2) is 23.9 Å². The smallest absolute Gasteiger partial charge is 0.238 e. The van der Waals surface area contributed by atoms with Crippen molar-refractivity contribution < 1.29 is 4.79 Å². The van der Waals surface area contributed by atoms with Crippen molar-refractivity contribution in [3.63, 3.8) is 0 Å². The molecule has 0 radical (unpaired) electrons. The maximum atomic E-state index is 12.0.